The zero-order valence-electron chi connectivity index (χ0n) is 25.0. The molecule has 44 heavy (non-hydrogen) atoms. The molecule has 0 fully saturated rings. The first-order valence-electron chi connectivity index (χ1n) is 15.8. The second-order valence-corrected chi connectivity index (χ2v) is 13.4. The molecule has 3 aliphatic rings. The van der Waals surface area contributed by atoms with Gasteiger partial charge >= 0.3 is 0 Å². The Morgan fingerprint density at radius 1 is 0.545 bits per heavy atom. The highest BCUT2D eigenvalue weighted by atomic mass is 15.2. The third-order valence-electron chi connectivity index (χ3n) is 10.7. The summed E-state index contributed by atoms with van der Waals surface area (Å²) in [5.74, 6) is 0. The van der Waals surface area contributed by atoms with Crippen LogP contribution in [0.4, 0.5) is 11.4 Å². The maximum atomic E-state index is 2.57. The van der Waals surface area contributed by atoms with Crippen LogP contribution in [-0.2, 0) is 18.3 Å². The number of fused-ring (bicyclic) bond motifs is 11. The lowest BCUT2D eigenvalue weighted by Gasteiger charge is -2.21. The molecule has 1 aliphatic carbocycles. The Kier molecular flexibility index (Phi) is 4.72. The summed E-state index contributed by atoms with van der Waals surface area (Å²) < 4.78 is 2.46. The van der Waals surface area contributed by atoms with Crippen LogP contribution >= 0.6 is 0 Å². The summed E-state index contributed by atoms with van der Waals surface area (Å²) >= 11 is 0. The van der Waals surface area contributed by atoms with Gasteiger partial charge in [-0.05, 0) is 112 Å². The van der Waals surface area contributed by atoms with Gasteiger partial charge in [-0.2, -0.15) is 0 Å². The number of anilines is 2. The SMILES string of the molecule is CC1(C)c2ccccc2-c2cc3c(cc21)c1cc(-c2ccc4c(c2)CC2Cc5ccccc5N42)ccc1n3-c1ccccc1. The van der Waals surface area contributed by atoms with E-state index in [1.165, 1.54) is 83.4 Å². The summed E-state index contributed by atoms with van der Waals surface area (Å²) in [5, 5.41) is 2.63. The minimum absolute atomic E-state index is 0.0368. The minimum atomic E-state index is -0.0368. The molecule has 0 N–H and O–H groups in total. The molecular formula is C42H32N2. The van der Waals surface area contributed by atoms with E-state index in [1.807, 2.05) is 0 Å². The lowest BCUT2D eigenvalue weighted by atomic mass is 9.82. The molecule has 2 aliphatic heterocycles. The van der Waals surface area contributed by atoms with Crippen LogP contribution in [-0.4, -0.2) is 10.6 Å². The van der Waals surface area contributed by atoms with Crippen LogP contribution in [0, 0.1) is 0 Å². The molecule has 0 bridgehead atoms. The Labute approximate surface area is 257 Å². The quantitative estimate of drug-likeness (QED) is 0.203. The van der Waals surface area contributed by atoms with E-state index in [4.69, 9.17) is 0 Å². The van der Waals surface area contributed by atoms with E-state index in [0.717, 1.165) is 12.8 Å². The molecule has 2 heteroatoms. The van der Waals surface area contributed by atoms with Crippen molar-refractivity contribution in [2.24, 2.45) is 0 Å². The van der Waals surface area contributed by atoms with Gasteiger partial charge in [-0.25, -0.2) is 0 Å². The lowest BCUT2D eigenvalue weighted by Crippen LogP contribution is -2.22. The molecule has 10 rings (SSSR count). The standard InChI is InChI=1S/C42H32N2/c1-42(2)36-14-8-7-13-32(36)33-25-41-35(24-37(33)42)34-23-27(17-19-40(34)43(41)30-11-4-3-5-12-30)26-16-18-39-29(20-26)22-31-21-28-10-6-9-15-38(28)44(31)39/h3-20,23-25,31H,21-22H2,1-2H3. The van der Waals surface area contributed by atoms with Gasteiger partial charge in [0.1, 0.15) is 0 Å². The van der Waals surface area contributed by atoms with E-state index >= 15 is 0 Å². The number of para-hydroxylation sites is 2. The first kappa shape index (κ1) is 24.4. The van der Waals surface area contributed by atoms with Gasteiger partial charge in [-0.1, -0.05) is 86.6 Å². The van der Waals surface area contributed by atoms with Crippen LogP contribution < -0.4 is 4.90 Å². The van der Waals surface area contributed by atoms with Crippen molar-refractivity contribution in [2.45, 2.75) is 38.1 Å². The van der Waals surface area contributed by atoms with E-state index in [2.05, 4.69) is 151 Å². The van der Waals surface area contributed by atoms with Gasteiger partial charge in [0.05, 0.1) is 11.0 Å². The maximum absolute atomic E-state index is 2.57. The molecule has 1 aromatic heterocycles. The molecule has 1 unspecified atom stereocenters. The highest BCUT2D eigenvalue weighted by molar-refractivity contribution is 6.12. The minimum Gasteiger partial charge on any atom is -0.337 e. The first-order valence-corrected chi connectivity index (χ1v) is 15.8. The number of nitrogens with zero attached hydrogens (tertiary/aromatic N) is 2. The second kappa shape index (κ2) is 8.51. The monoisotopic (exact) mass is 564 g/mol. The molecule has 0 saturated carbocycles. The predicted octanol–water partition coefficient (Wildman–Crippen LogP) is 10.4. The fraction of sp³-hybridized carbons (Fsp3) is 0.143. The van der Waals surface area contributed by atoms with Crippen molar-refractivity contribution in [3.05, 3.63) is 150 Å². The first-order chi connectivity index (χ1) is 21.6. The smallest absolute Gasteiger partial charge is 0.0547 e. The van der Waals surface area contributed by atoms with Crippen molar-refractivity contribution in [3.8, 4) is 27.9 Å². The number of hydrogen-bond acceptors (Lipinski definition) is 1. The van der Waals surface area contributed by atoms with Crippen LogP contribution in [0.25, 0.3) is 49.7 Å². The molecule has 0 amide bonds. The van der Waals surface area contributed by atoms with Gasteiger partial charge in [-0.3, -0.25) is 0 Å². The molecule has 210 valence electrons. The normalized spacial score (nSPS) is 17.0. The number of benzene rings is 6. The van der Waals surface area contributed by atoms with Crippen molar-refractivity contribution in [1.82, 2.24) is 4.57 Å². The fourth-order valence-corrected chi connectivity index (χ4v) is 8.62. The van der Waals surface area contributed by atoms with E-state index in [9.17, 15) is 0 Å². The van der Waals surface area contributed by atoms with Crippen LogP contribution in [0.1, 0.15) is 36.1 Å². The molecule has 1 atom stereocenters. The molecule has 6 aromatic carbocycles. The highest BCUT2D eigenvalue weighted by Gasteiger charge is 2.38. The summed E-state index contributed by atoms with van der Waals surface area (Å²) in [6.45, 7) is 4.75. The Bertz CT molecular complexity index is 2320. The van der Waals surface area contributed by atoms with Gasteiger partial charge in [0.25, 0.3) is 0 Å². The van der Waals surface area contributed by atoms with Gasteiger partial charge in [0, 0.05) is 39.3 Å². The summed E-state index contributed by atoms with van der Waals surface area (Å²) in [5.41, 5.74) is 17.5. The molecular weight excluding hydrogens is 532 g/mol. The fourth-order valence-electron chi connectivity index (χ4n) is 8.62. The summed E-state index contributed by atoms with van der Waals surface area (Å²) in [6.07, 6.45) is 2.24. The average Bonchev–Trinajstić information content (AvgIpc) is 3.76. The average molecular weight is 565 g/mol. The van der Waals surface area contributed by atoms with Crippen LogP contribution in [0.2, 0.25) is 0 Å². The van der Waals surface area contributed by atoms with E-state index in [0.29, 0.717) is 6.04 Å². The third kappa shape index (κ3) is 3.15. The Hall–Kier alpha value is -5.08. The van der Waals surface area contributed by atoms with Crippen molar-refractivity contribution >= 4 is 33.2 Å². The molecule has 7 aromatic rings. The lowest BCUT2D eigenvalue weighted by molar-refractivity contribution is 0.661. The van der Waals surface area contributed by atoms with E-state index in [-0.39, 0.29) is 5.41 Å². The van der Waals surface area contributed by atoms with Crippen LogP contribution in [0.15, 0.2) is 127 Å². The second-order valence-electron chi connectivity index (χ2n) is 13.4. The largest absolute Gasteiger partial charge is 0.337 e. The zero-order chi connectivity index (χ0) is 29.2. The van der Waals surface area contributed by atoms with Crippen molar-refractivity contribution < 1.29 is 0 Å². The molecule has 0 radical (unpaired) electrons. The number of rotatable bonds is 2. The maximum Gasteiger partial charge on any atom is 0.0547 e. The number of aromatic nitrogens is 1. The zero-order valence-corrected chi connectivity index (χ0v) is 25.0. The van der Waals surface area contributed by atoms with E-state index < -0.39 is 0 Å². The van der Waals surface area contributed by atoms with Crippen molar-refractivity contribution in [2.75, 3.05) is 4.90 Å². The number of hydrogen-bond donors (Lipinski definition) is 0. The molecule has 2 nitrogen and oxygen atoms in total. The van der Waals surface area contributed by atoms with Crippen LogP contribution in [0.5, 0.6) is 0 Å². The predicted molar refractivity (Wildman–Crippen MR) is 184 cm³/mol. The Balaban J connectivity index is 1.17. The van der Waals surface area contributed by atoms with Gasteiger partial charge in [0.15, 0.2) is 0 Å². The van der Waals surface area contributed by atoms with E-state index in [1.54, 1.807) is 0 Å². The van der Waals surface area contributed by atoms with Crippen LogP contribution in [0.3, 0.4) is 0 Å². The Morgan fingerprint density at radius 3 is 2.16 bits per heavy atom. The Morgan fingerprint density at radius 2 is 1.25 bits per heavy atom. The van der Waals surface area contributed by atoms with Crippen molar-refractivity contribution in [1.29, 1.82) is 0 Å². The van der Waals surface area contributed by atoms with Gasteiger partial charge in [0.2, 0.25) is 0 Å². The van der Waals surface area contributed by atoms with Crippen molar-refractivity contribution in [3.63, 3.8) is 0 Å². The molecule has 3 heterocycles. The highest BCUT2D eigenvalue weighted by Crippen LogP contribution is 2.51. The van der Waals surface area contributed by atoms with Gasteiger partial charge < -0.3 is 9.47 Å². The summed E-state index contributed by atoms with van der Waals surface area (Å²) in [7, 11) is 0. The third-order valence-corrected chi connectivity index (χ3v) is 10.7. The molecule has 0 saturated heterocycles. The topological polar surface area (TPSA) is 8.17 Å². The van der Waals surface area contributed by atoms with Gasteiger partial charge in [-0.15, -0.1) is 0 Å². The molecule has 0 spiro atoms. The summed E-state index contributed by atoms with van der Waals surface area (Å²) in [4.78, 5) is 2.57. The summed E-state index contributed by atoms with van der Waals surface area (Å²) in [6, 6.07) is 48.4.